The molecule has 0 bridgehead atoms. The smallest absolute Gasteiger partial charge is 0.123 e. The van der Waals surface area contributed by atoms with Crippen molar-refractivity contribution in [2.75, 3.05) is 0 Å². The molecule has 0 heterocycles. The number of hydrogen-bond acceptors (Lipinski definition) is 0. The fourth-order valence-electron chi connectivity index (χ4n) is 4.50. The maximum Gasteiger partial charge on any atom is 0.123 e. The van der Waals surface area contributed by atoms with Crippen LogP contribution in [0.25, 0.3) is 10.8 Å². The molecule has 0 aliphatic heterocycles. The average molecular weight is 353 g/mol. The molecule has 0 radical (unpaired) electrons. The zero-order valence-electron chi connectivity index (χ0n) is 14.4. The molecule has 3 aromatic carbocycles. The molecule has 1 aliphatic rings. The van der Waals surface area contributed by atoms with E-state index in [1.165, 1.54) is 29.5 Å². The maximum atomic E-state index is 13.9. The van der Waals surface area contributed by atoms with Crippen LogP contribution in [0.1, 0.15) is 48.8 Å². The van der Waals surface area contributed by atoms with Crippen LogP contribution in [0.2, 0.25) is 5.02 Å². The highest BCUT2D eigenvalue weighted by Gasteiger charge is 2.31. The fraction of sp³-hybridized carbons (Fsp3) is 0.304. The molecule has 2 atom stereocenters. The van der Waals surface area contributed by atoms with Gasteiger partial charge in [0.15, 0.2) is 0 Å². The molecule has 0 fully saturated rings. The first-order valence-electron chi connectivity index (χ1n) is 9.14. The van der Waals surface area contributed by atoms with Crippen LogP contribution >= 0.6 is 11.6 Å². The Bertz CT molecular complexity index is 898. The van der Waals surface area contributed by atoms with Gasteiger partial charge in [0.05, 0.1) is 0 Å². The van der Waals surface area contributed by atoms with Crippen LogP contribution in [-0.2, 0) is 6.42 Å². The molecule has 3 aromatic rings. The normalized spacial score (nSPS) is 19.8. The third-order valence-electron chi connectivity index (χ3n) is 5.59. The van der Waals surface area contributed by atoms with Gasteiger partial charge >= 0.3 is 0 Å². The Hall–Kier alpha value is -1.86. The van der Waals surface area contributed by atoms with Crippen molar-refractivity contribution in [1.82, 2.24) is 0 Å². The second-order valence-corrected chi connectivity index (χ2v) is 7.55. The highest BCUT2D eigenvalue weighted by atomic mass is 35.5. The van der Waals surface area contributed by atoms with E-state index in [0.29, 0.717) is 11.8 Å². The summed E-state index contributed by atoms with van der Waals surface area (Å²) >= 11 is 6.10. The van der Waals surface area contributed by atoms with Gasteiger partial charge in [-0.1, -0.05) is 55.3 Å². The van der Waals surface area contributed by atoms with Gasteiger partial charge in [0, 0.05) is 10.9 Å². The van der Waals surface area contributed by atoms with Gasteiger partial charge in [0.2, 0.25) is 0 Å². The molecular weight excluding hydrogens is 331 g/mol. The van der Waals surface area contributed by atoms with Crippen LogP contribution in [0, 0.1) is 11.7 Å². The molecule has 0 spiro atoms. The van der Waals surface area contributed by atoms with Crippen LogP contribution in [0.5, 0.6) is 0 Å². The van der Waals surface area contributed by atoms with Gasteiger partial charge in [-0.2, -0.15) is 0 Å². The van der Waals surface area contributed by atoms with Gasteiger partial charge in [0.25, 0.3) is 0 Å². The van der Waals surface area contributed by atoms with E-state index in [4.69, 9.17) is 11.6 Å². The molecular formula is C23H22ClF. The Morgan fingerprint density at radius 3 is 2.56 bits per heavy atom. The molecule has 0 unspecified atom stereocenters. The van der Waals surface area contributed by atoms with E-state index in [1.54, 1.807) is 12.1 Å². The van der Waals surface area contributed by atoms with Gasteiger partial charge < -0.3 is 0 Å². The predicted molar refractivity (Wildman–Crippen MR) is 104 cm³/mol. The van der Waals surface area contributed by atoms with E-state index >= 15 is 0 Å². The van der Waals surface area contributed by atoms with E-state index in [9.17, 15) is 4.39 Å². The number of rotatable bonds is 3. The van der Waals surface area contributed by atoms with Crippen molar-refractivity contribution in [2.45, 2.75) is 38.5 Å². The average Bonchev–Trinajstić information content (AvgIpc) is 2.62. The first-order chi connectivity index (χ1) is 12.2. The molecule has 0 aromatic heterocycles. The van der Waals surface area contributed by atoms with Crippen LogP contribution in [0.15, 0.2) is 54.6 Å². The lowest BCUT2D eigenvalue weighted by atomic mass is 9.69. The summed E-state index contributed by atoms with van der Waals surface area (Å²) in [5, 5.41) is 2.97. The topological polar surface area (TPSA) is 0 Å². The van der Waals surface area contributed by atoms with Crippen molar-refractivity contribution in [3.05, 3.63) is 82.1 Å². The minimum Gasteiger partial charge on any atom is -0.207 e. The number of fused-ring (bicyclic) bond motifs is 3. The molecule has 0 amide bonds. The molecule has 25 heavy (non-hydrogen) atoms. The fourth-order valence-corrected chi connectivity index (χ4v) is 4.62. The third-order valence-corrected chi connectivity index (χ3v) is 5.84. The number of hydrogen-bond donors (Lipinski definition) is 0. The molecule has 0 saturated carbocycles. The second-order valence-electron chi connectivity index (χ2n) is 7.12. The van der Waals surface area contributed by atoms with Gasteiger partial charge in [-0.05, 0) is 76.9 Å². The predicted octanol–water partition coefficient (Wildman–Crippen LogP) is 7.13. The monoisotopic (exact) mass is 352 g/mol. The van der Waals surface area contributed by atoms with E-state index in [2.05, 4.69) is 31.2 Å². The summed E-state index contributed by atoms with van der Waals surface area (Å²) in [4.78, 5) is 0. The summed E-state index contributed by atoms with van der Waals surface area (Å²) < 4.78 is 13.9. The standard InChI is InChI=1S/C23H22ClF/c1-2-3-16-8-12-20-21(23(16)17-4-9-18(24)10-5-17)13-7-15-6-11-19(25)14-22(15)20/h4-7,9-11,13-14,16,23H,2-3,8,12H2,1H3/t16-,23-/m1/s1. The Morgan fingerprint density at radius 1 is 1.04 bits per heavy atom. The first kappa shape index (κ1) is 16.6. The molecule has 0 nitrogen and oxygen atoms in total. The first-order valence-corrected chi connectivity index (χ1v) is 9.51. The van der Waals surface area contributed by atoms with E-state index < -0.39 is 0 Å². The van der Waals surface area contributed by atoms with E-state index in [-0.39, 0.29) is 5.82 Å². The third kappa shape index (κ3) is 3.06. The van der Waals surface area contributed by atoms with Gasteiger partial charge in [-0.3, -0.25) is 0 Å². The molecule has 0 N–H and O–H groups in total. The Morgan fingerprint density at radius 2 is 1.80 bits per heavy atom. The maximum absolute atomic E-state index is 13.9. The summed E-state index contributed by atoms with van der Waals surface area (Å²) in [6, 6.07) is 17.8. The summed E-state index contributed by atoms with van der Waals surface area (Å²) in [5.41, 5.74) is 4.01. The Balaban J connectivity index is 1.90. The van der Waals surface area contributed by atoms with Crippen LogP contribution in [-0.4, -0.2) is 0 Å². The minimum atomic E-state index is -0.153. The number of halogens is 2. The molecule has 1 aliphatic carbocycles. The lowest BCUT2D eigenvalue weighted by Gasteiger charge is -2.35. The van der Waals surface area contributed by atoms with Crippen molar-refractivity contribution < 1.29 is 4.39 Å². The summed E-state index contributed by atoms with van der Waals surface area (Å²) in [7, 11) is 0. The van der Waals surface area contributed by atoms with Crippen LogP contribution in [0.4, 0.5) is 4.39 Å². The summed E-state index contributed by atoms with van der Waals surface area (Å²) in [5.74, 6) is 0.845. The summed E-state index contributed by atoms with van der Waals surface area (Å²) in [6.07, 6.45) is 4.59. The highest BCUT2D eigenvalue weighted by molar-refractivity contribution is 6.30. The van der Waals surface area contributed by atoms with Crippen molar-refractivity contribution in [2.24, 2.45) is 5.92 Å². The van der Waals surface area contributed by atoms with Crippen molar-refractivity contribution in [1.29, 1.82) is 0 Å². The quantitative estimate of drug-likeness (QED) is 0.470. The summed E-state index contributed by atoms with van der Waals surface area (Å²) in [6.45, 7) is 2.25. The lowest BCUT2D eigenvalue weighted by Crippen LogP contribution is -2.22. The van der Waals surface area contributed by atoms with Crippen molar-refractivity contribution in [3.63, 3.8) is 0 Å². The zero-order chi connectivity index (χ0) is 17.4. The zero-order valence-corrected chi connectivity index (χ0v) is 15.2. The van der Waals surface area contributed by atoms with E-state index in [0.717, 1.165) is 28.6 Å². The molecule has 2 heteroatoms. The van der Waals surface area contributed by atoms with Crippen LogP contribution < -0.4 is 0 Å². The largest absolute Gasteiger partial charge is 0.207 e. The van der Waals surface area contributed by atoms with Gasteiger partial charge in [-0.15, -0.1) is 0 Å². The molecule has 0 saturated heterocycles. The highest BCUT2D eigenvalue weighted by Crippen LogP contribution is 2.45. The van der Waals surface area contributed by atoms with Gasteiger partial charge in [-0.25, -0.2) is 4.39 Å². The van der Waals surface area contributed by atoms with Crippen molar-refractivity contribution in [3.8, 4) is 0 Å². The minimum absolute atomic E-state index is 0.153. The SMILES string of the molecule is CCC[C@@H]1CCc2c(ccc3ccc(F)cc23)[C@H]1c1ccc(Cl)cc1. The molecule has 4 rings (SSSR count). The van der Waals surface area contributed by atoms with Crippen LogP contribution in [0.3, 0.4) is 0 Å². The molecule has 128 valence electrons. The Kier molecular flexibility index (Phi) is 4.52. The lowest BCUT2D eigenvalue weighted by molar-refractivity contribution is 0.380. The number of benzene rings is 3. The van der Waals surface area contributed by atoms with E-state index in [1.807, 2.05) is 18.2 Å². The Labute approximate surface area is 153 Å². The van der Waals surface area contributed by atoms with Gasteiger partial charge in [0.1, 0.15) is 5.82 Å². The number of aryl methyl sites for hydroxylation is 1. The van der Waals surface area contributed by atoms with Crippen molar-refractivity contribution >= 4 is 22.4 Å². The second kappa shape index (κ2) is 6.80.